The number of carbonyl (C=O) groups excluding carboxylic acids is 6. The van der Waals surface area contributed by atoms with Gasteiger partial charge < -0.3 is 43.3 Å². The van der Waals surface area contributed by atoms with Crippen LogP contribution in [0.15, 0.2) is 65.8 Å². The van der Waals surface area contributed by atoms with Gasteiger partial charge in [-0.1, -0.05) is 69.2 Å². The number of cyclic esters (lactones) is 1. The number of nitrogens with one attached hydrogen (secondary N) is 1. The number of carbonyl (C=O) groups is 6. The van der Waals surface area contributed by atoms with E-state index in [9.17, 15) is 34.0 Å². The Morgan fingerprint density at radius 3 is 2.10 bits per heavy atom. The summed E-state index contributed by atoms with van der Waals surface area (Å²) in [5.41, 5.74) is -3.03. The zero-order chi connectivity index (χ0) is 45.7. The van der Waals surface area contributed by atoms with E-state index in [2.05, 4.69) is 10.5 Å². The van der Waals surface area contributed by atoms with Crippen molar-refractivity contribution in [2.75, 3.05) is 14.1 Å². The van der Waals surface area contributed by atoms with Gasteiger partial charge in [-0.25, -0.2) is 14.4 Å². The minimum atomic E-state index is -1.94. The average molecular weight is 866 g/mol. The first kappa shape index (κ1) is 47.7. The first-order valence-corrected chi connectivity index (χ1v) is 20.9. The molecule has 3 heterocycles. The molecule has 0 aromatic heterocycles. The van der Waals surface area contributed by atoms with Crippen LogP contribution in [-0.2, 0) is 42.7 Å². The third-order valence-corrected chi connectivity index (χ3v) is 12.3. The van der Waals surface area contributed by atoms with Crippen LogP contribution in [0.25, 0.3) is 0 Å². The van der Waals surface area contributed by atoms with Crippen molar-refractivity contribution in [3.8, 4) is 0 Å². The Hall–Kier alpha value is -5.39. The van der Waals surface area contributed by atoms with E-state index in [0.717, 1.165) is 0 Å². The van der Waals surface area contributed by atoms with Crippen molar-refractivity contribution in [2.24, 2.45) is 28.8 Å². The van der Waals surface area contributed by atoms with Crippen LogP contribution in [0.2, 0.25) is 0 Å². The highest BCUT2D eigenvalue weighted by Gasteiger charge is 2.59. The average Bonchev–Trinajstić information content (AvgIpc) is 3.55. The first-order chi connectivity index (χ1) is 29.2. The van der Waals surface area contributed by atoms with Gasteiger partial charge in [-0.05, 0) is 85.3 Å². The Labute approximate surface area is 361 Å². The molecule has 62 heavy (non-hydrogen) atoms. The lowest BCUT2D eigenvalue weighted by atomic mass is 9.74. The van der Waals surface area contributed by atoms with Crippen molar-refractivity contribution in [1.82, 2.24) is 10.2 Å². The van der Waals surface area contributed by atoms with E-state index in [0.29, 0.717) is 6.42 Å². The molecule has 2 N–H and O–H groups in total. The topological polar surface area (TPSA) is 215 Å². The van der Waals surface area contributed by atoms with E-state index in [1.54, 1.807) is 76.2 Å². The van der Waals surface area contributed by atoms with E-state index < -0.39 is 114 Å². The maximum Gasteiger partial charge on any atom is 0.509 e. The number of fused-ring (bicyclic) bond motifs is 1. The van der Waals surface area contributed by atoms with Crippen LogP contribution in [0.5, 0.6) is 0 Å². The number of ketones is 1. The number of hydrogen-bond donors (Lipinski definition) is 2. The lowest BCUT2D eigenvalue weighted by Gasteiger charge is -2.47. The Morgan fingerprint density at radius 2 is 1.52 bits per heavy atom. The van der Waals surface area contributed by atoms with Crippen molar-refractivity contribution < 1.29 is 67.1 Å². The van der Waals surface area contributed by atoms with Crippen LogP contribution in [0.3, 0.4) is 0 Å². The smallest absolute Gasteiger partial charge is 0.457 e. The molecule has 5 rings (SSSR count). The molecule has 2 aromatic carbocycles. The largest absolute Gasteiger partial charge is 0.509 e. The van der Waals surface area contributed by atoms with Crippen LogP contribution >= 0.6 is 0 Å². The molecule has 3 aliphatic rings. The highest BCUT2D eigenvalue weighted by atomic mass is 16.8. The van der Waals surface area contributed by atoms with Crippen molar-refractivity contribution in [3.05, 3.63) is 71.8 Å². The molecule has 0 unspecified atom stereocenters. The quantitative estimate of drug-likeness (QED) is 0.103. The lowest BCUT2D eigenvalue weighted by molar-refractivity contribution is -0.291. The number of imide groups is 1. The Balaban J connectivity index is 1.65. The summed E-state index contributed by atoms with van der Waals surface area (Å²) in [5.74, 6) is -7.55. The molecule has 0 aliphatic carbocycles. The number of Topliss-reactive ketones (excluding diaryl/α,β-unsaturated/α-hetero) is 1. The Morgan fingerprint density at radius 1 is 0.903 bits per heavy atom. The fourth-order valence-corrected chi connectivity index (χ4v) is 9.02. The number of rotatable bonds is 8. The van der Waals surface area contributed by atoms with E-state index in [-0.39, 0.29) is 29.7 Å². The van der Waals surface area contributed by atoms with E-state index in [4.69, 9.17) is 33.2 Å². The molecular weight excluding hydrogens is 807 g/mol. The Kier molecular flexibility index (Phi) is 15.2. The highest BCUT2D eigenvalue weighted by molar-refractivity contribution is 6.03. The first-order valence-electron chi connectivity index (χ1n) is 20.9. The zero-order valence-electron chi connectivity index (χ0n) is 36.9. The van der Waals surface area contributed by atoms with Gasteiger partial charge in [0.15, 0.2) is 29.9 Å². The van der Waals surface area contributed by atoms with Crippen LogP contribution in [0.4, 0.5) is 9.59 Å². The van der Waals surface area contributed by atoms with E-state index in [1.165, 1.54) is 32.9 Å². The van der Waals surface area contributed by atoms with Crippen LogP contribution in [0.1, 0.15) is 95.4 Å². The zero-order valence-corrected chi connectivity index (χ0v) is 36.9. The fourth-order valence-electron chi connectivity index (χ4n) is 9.02. The number of amides is 2. The molecule has 0 bridgehead atoms. The molecular formula is C45H59N3O14. The molecule has 17 heteroatoms. The fraction of sp³-hybridized carbons (Fsp3) is 0.578. The van der Waals surface area contributed by atoms with Gasteiger partial charge in [-0.3, -0.25) is 19.7 Å². The molecule has 3 aliphatic heterocycles. The predicted octanol–water partition coefficient (Wildman–Crippen LogP) is 5.95. The molecule has 0 radical (unpaired) electrons. The predicted molar refractivity (Wildman–Crippen MR) is 221 cm³/mol. The summed E-state index contributed by atoms with van der Waals surface area (Å²) < 4.78 is 42.9. The maximum absolute atomic E-state index is 14.7. The molecule has 0 saturated carbocycles. The minimum absolute atomic E-state index is 0.0735. The third-order valence-electron chi connectivity index (χ3n) is 12.3. The number of esters is 2. The number of hydrogen-bond acceptors (Lipinski definition) is 16. The summed E-state index contributed by atoms with van der Waals surface area (Å²) >= 11 is 0. The third kappa shape index (κ3) is 10.3. The van der Waals surface area contributed by atoms with Gasteiger partial charge >= 0.3 is 24.2 Å². The van der Waals surface area contributed by atoms with Gasteiger partial charge in [0, 0.05) is 23.3 Å². The number of oxime groups is 1. The molecule has 0 spiro atoms. The standard InChI is InChI=1S/C45H59N3O14/c1-11-32-45(8)37(60-43(54)62-45)26(4)33(47-55)24(2)23-44(7,61-42(53)46-38(50)29-18-14-12-15-19-29)36(27(5)34(49)28(6)39(51)57-32)59-41-35(31(48(9)10)22-25(3)56-41)58-40(52)30-20-16-13-17-21-30/h12-21,24-28,31-32,35-37,41,55H,11,22-23H2,1-10H3,(H,46,50,53)/b47-33+/t24-,25-,26+,27+,28-,31+,32-,35-,36-,37-,41+,44+,45-/m1/s1. The van der Waals surface area contributed by atoms with Crippen molar-refractivity contribution in [1.29, 1.82) is 0 Å². The van der Waals surface area contributed by atoms with Gasteiger partial charge in [0.25, 0.3) is 5.91 Å². The molecule has 3 saturated heterocycles. The van der Waals surface area contributed by atoms with Gasteiger partial charge in [0.05, 0.1) is 23.4 Å². The van der Waals surface area contributed by atoms with Crippen LogP contribution in [0, 0.1) is 23.7 Å². The lowest BCUT2D eigenvalue weighted by Crippen LogP contribution is -2.61. The Bertz CT molecular complexity index is 1980. The monoisotopic (exact) mass is 865 g/mol. The number of ether oxygens (including phenoxy) is 7. The van der Waals surface area contributed by atoms with Crippen molar-refractivity contribution in [2.45, 2.75) is 129 Å². The summed E-state index contributed by atoms with van der Waals surface area (Å²) in [6.45, 7) is 12.7. The van der Waals surface area contributed by atoms with E-state index in [1.807, 2.05) is 25.9 Å². The van der Waals surface area contributed by atoms with E-state index >= 15 is 0 Å². The number of benzene rings is 2. The molecule has 3 fully saturated rings. The number of alkyl carbamates (subject to hydrolysis) is 1. The van der Waals surface area contributed by atoms with Gasteiger partial charge in [-0.2, -0.15) is 0 Å². The van der Waals surface area contributed by atoms with Crippen molar-refractivity contribution >= 4 is 41.6 Å². The summed E-state index contributed by atoms with van der Waals surface area (Å²) in [5, 5.41) is 16.5. The summed E-state index contributed by atoms with van der Waals surface area (Å²) in [6, 6.07) is 15.8. The summed E-state index contributed by atoms with van der Waals surface area (Å²) in [6.07, 6.45) is -8.65. The summed E-state index contributed by atoms with van der Waals surface area (Å²) in [7, 11) is 3.62. The van der Waals surface area contributed by atoms with Gasteiger partial charge in [0.2, 0.25) is 0 Å². The van der Waals surface area contributed by atoms with Crippen LogP contribution in [-0.4, -0.2) is 120 Å². The second kappa shape index (κ2) is 19.8. The second-order valence-electron chi connectivity index (χ2n) is 17.1. The maximum atomic E-state index is 14.7. The van der Waals surface area contributed by atoms with Gasteiger partial charge in [0.1, 0.15) is 23.7 Å². The SMILES string of the molecule is CC[C@H]1OC(=O)[C@H](C)C(=O)[C@H](C)[C@@H](O[C@@H]2O[C@H](C)C[C@H](N(C)C)[C@H]2OC(=O)c2ccccc2)[C@@](C)(OC(=O)NC(=O)c2ccccc2)C[C@@H](C)/C(=N\O)[C@H](C)[C@H]2OC(=O)O[C@@]21C. The molecule has 338 valence electrons. The molecule has 17 nitrogen and oxygen atoms in total. The second-order valence-corrected chi connectivity index (χ2v) is 17.1. The number of nitrogens with zero attached hydrogens (tertiary/aromatic N) is 2. The highest BCUT2D eigenvalue weighted by Crippen LogP contribution is 2.42. The van der Waals surface area contributed by atoms with Gasteiger partial charge in [-0.15, -0.1) is 0 Å². The molecule has 2 amide bonds. The molecule has 2 aromatic rings. The van der Waals surface area contributed by atoms with Crippen molar-refractivity contribution in [3.63, 3.8) is 0 Å². The number of likely N-dealkylation sites (N-methyl/N-ethyl adjacent to an activating group) is 1. The normalized spacial score (nSPS) is 35.1. The molecule has 13 atom stereocenters. The minimum Gasteiger partial charge on any atom is -0.457 e. The van der Waals surface area contributed by atoms with Crippen LogP contribution < -0.4 is 5.32 Å². The summed E-state index contributed by atoms with van der Waals surface area (Å²) in [4.78, 5) is 84.3.